The van der Waals surface area contributed by atoms with E-state index >= 15 is 0 Å². The van der Waals surface area contributed by atoms with Crippen molar-refractivity contribution in [2.75, 3.05) is 0 Å². The SMILES string of the molecule is c1ccc(-c2cc(-c3ccccc3)cc(-c3ccc(-c4cccc(-c5ccc(-c6nc(-c7ccccc7)c7c(n6)oc6ccccc67)cc5)c4)cc3)c2)cc1. The Labute approximate surface area is 319 Å². The minimum atomic E-state index is 0.591. The molecule has 0 amide bonds. The third-order valence-electron chi connectivity index (χ3n) is 10.3. The van der Waals surface area contributed by atoms with Gasteiger partial charge in [0, 0.05) is 16.5 Å². The molecule has 0 radical (unpaired) electrons. The van der Waals surface area contributed by atoms with Crippen molar-refractivity contribution < 1.29 is 4.42 Å². The molecule has 0 spiro atoms. The van der Waals surface area contributed by atoms with Gasteiger partial charge in [-0.3, -0.25) is 0 Å². The van der Waals surface area contributed by atoms with Crippen molar-refractivity contribution in [3.05, 3.63) is 206 Å². The third kappa shape index (κ3) is 6.28. The Balaban J connectivity index is 0.955. The van der Waals surface area contributed by atoms with Crippen LogP contribution >= 0.6 is 0 Å². The molecule has 0 aliphatic carbocycles. The molecule has 3 nitrogen and oxygen atoms in total. The number of furan rings is 1. The molecular weight excluding hydrogens is 669 g/mol. The van der Waals surface area contributed by atoms with Crippen LogP contribution in [0.1, 0.15) is 0 Å². The van der Waals surface area contributed by atoms with E-state index < -0.39 is 0 Å². The van der Waals surface area contributed by atoms with Gasteiger partial charge >= 0.3 is 0 Å². The van der Waals surface area contributed by atoms with Crippen molar-refractivity contribution in [2.45, 2.75) is 0 Å². The molecule has 3 heteroatoms. The fourth-order valence-corrected chi connectivity index (χ4v) is 7.49. The minimum Gasteiger partial charge on any atom is -0.438 e. The van der Waals surface area contributed by atoms with E-state index in [1.165, 1.54) is 44.5 Å². The van der Waals surface area contributed by atoms with Crippen molar-refractivity contribution in [1.82, 2.24) is 9.97 Å². The van der Waals surface area contributed by atoms with Crippen molar-refractivity contribution in [1.29, 1.82) is 0 Å². The summed E-state index contributed by atoms with van der Waals surface area (Å²) >= 11 is 0. The lowest BCUT2D eigenvalue weighted by atomic mass is 9.92. The number of hydrogen-bond acceptors (Lipinski definition) is 3. The van der Waals surface area contributed by atoms with E-state index in [2.05, 4.69) is 170 Å². The average Bonchev–Trinajstić information content (AvgIpc) is 3.66. The molecule has 258 valence electrons. The second-order valence-corrected chi connectivity index (χ2v) is 13.8. The van der Waals surface area contributed by atoms with E-state index in [1.54, 1.807) is 0 Å². The number of benzene rings is 8. The smallest absolute Gasteiger partial charge is 0.231 e. The highest BCUT2D eigenvalue weighted by atomic mass is 16.3. The summed E-state index contributed by atoms with van der Waals surface area (Å²) in [5.41, 5.74) is 16.1. The zero-order chi connectivity index (χ0) is 36.6. The first kappa shape index (κ1) is 32.3. The van der Waals surface area contributed by atoms with Gasteiger partial charge in [0.15, 0.2) is 5.82 Å². The lowest BCUT2D eigenvalue weighted by Gasteiger charge is -2.12. The average molecular weight is 703 g/mol. The Kier molecular flexibility index (Phi) is 8.16. The van der Waals surface area contributed by atoms with Gasteiger partial charge < -0.3 is 4.42 Å². The van der Waals surface area contributed by atoms with Crippen LogP contribution in [0.15, 0.2) is 211 Å². The fraction of sp³-hybridized carbons (Fsp3) is 0. The molecule has 10 rings (SSSR count). The van der Waals surface area contributed by atoms with Gasteiger partial charge in [-0.2, -0.15) is 4.98 Å². The van der Waals surface area contributed by atoms with Gasteiger partial charge in [-0.15, -0.1) is 0 Å². The first-order valence-electron chi connectivity index (χ1n) is 18.6. The van der Waals surface area contributed by atoms with E-state index in [0.717, 1.165) is 44.3 Å². The van der Waals surface area contributed by atoms with Gasteiger partial charge in [-0.25, -0.2) is 4.98 Å². The largest absolute Gasteiger partial charge is 0.438 e. The van der Waals surface area contributed by atoms with Crippen LogP contribution in [0, 0.1) is 0 Å². The summed E-state index contributed by atoms with van der Waals surface area (Å²) < 4.78 is 6.25. The molecule has 2 aromatic heterocycles. The molecule has 0 atom stereocenters. The number of para-hydroxylation sites is 1. The highest BCUT2D eigenvalue weighted by Gasteiger charge is 2.18. The highest BCUT2D eigenvalue weighted by Crippen LogP contribution is 2.38. The minimum absolute atomic E-state index is 0.591. The molecule has 0 saturated carbocycles. The maximum Gasteiger partial charge on any atom is 0.231 e. The Bertz CT molecular complexity index is 2880. The monoisotopic (exact) mass is 702 g/mol. The Morgan fingerprint density at radius 2 is 0.691 bits per heavy atom. The molecule has 2 heterocycles. The van der Waals surface area contributed by atoms with Crippen molar-refractivity contribution in [3.63, 3.8) is 0 Å². The van der Waals surface area contributed by atoms with E-state index in [4.69, 9.17) is 14.4 Å². The third-order valence-corrected chi connectivity index (χ3v) is 10.3. The first-order chi connectivity index (χ1) is 27.2. The van der Waals surface area contributed by atoms with Crippen LogP contribution in [-0.2, 0) is 0 Å². The van der Waals surface area contributed by atoms with Gasteiger partial charge in [0.2, 0.25) is 5.71 Å². The lowest BCUT2D eigenvalue weighted by molar-refractivity contribution is 0.653. The standard InChI is InChI=1S/C52H34N2O/c1-4-13-35(14-5-1)44-32-45(36-15-6-2-7-16-36)34-46(33-44)39-25-23-37(24-26-39)42-19-12-20-43(31-42)38-27-29-41(30-28-38)51-53-50(40-17-8-3-9-18-40)49-47-21-10-11-22-48(47)55-52(49)54-51/h1-34H. The predicted octanol–water partition coefficient (Wildman–Crippen LogP) is 14.0. The number of fused-ring (bicyclic) bond motifs is 3. The van der Waals surface area contributed by atoms with Crippen LogP contribution < -0.4 is 0 Å². The molecule has 8 aromatic carbocycles. The van der Waals surface area contributed by atoms with Gasteiger partial charge in [0.1, 0.15) is 5.58 Å². The maximum atomic E-state index is 6.25. The van der Waals surface area contributed by atoms with Crippen LogP contribution in [0.25, 0.3) is 100 Å². The van der Waals surface area contributed by atoms with Gasteiger partial charge in [0.05, 0.1) is 11.1 Å². The topological polar surface area (TPSA) is 38.9 Å². The number of nitrogens with zero attached hydrogens (tertiary/aromatic N) is 2. The Hall–Kier alpha value is -7.36. The molecule has 0 aliphatic heterocycles. The summed E-state index contributed by atoms with van der Waals surface area (Å²) in [4.78, 5) is 10.0. The Morgan fingerprint density at radius 3 is 1.24 bits per heavy atom. The zero-order valence-electron chi connectivity index (χ0n) is 29.9. The number of aromatic nitrogens is 2. The molecule has 55 heavy (non-hydrogen) atoms. The summed E-state index contributed by atoms with van der Waals surface area (Å²) in [6.45, 7) is 0. The van der Waals surface area contributed by atoms with E-state index in [0.29, 0.717) is 11.5 Å². The quantitative estimate of drug-likeness (QED) is 0.166. The maximum absolute atomic E-state index is 6.25. The summed E-state index contributed by atoms with van der Waals surface area (Å²) in [5.74, 6) is 0.635. The van der Waals surface area contributed by atoms with E-state index in [1.807, 2.05) is 36.4 Å². The molecule has 0 bridgehead atoms. The van der Waals surface area contributed by atoms with Crippen molar-refractivity contribution in [2.24, 2.45) is 0 Å². The Morgan fingerprint density at radius 1 is 0.291 bits per heavy atom. The second-order valence-electron chi connectivity index (χ2n) is 13.8. The molecule has 0 aliphatic rings. The summed E-state index contributed by atoms with van der Waals surface area (Å²) in [5, 5.41) is 1.95. The molecule has 0 fully saturated rings. The van der Waals surface area contributed by atoms with E-state index in [9.17, 15) is 0 Å². The normalized spacial score (nSPS) is 11.3. The van der Waals surface area contributed by atoms with E-state index in [-0.39, 0.29) is 0 Å². The second kappa shape index (κ2) is 13.9. The predicted molar refractivity (Wildman–Crippen MR) is 227 cm³/mol. The summed E-state index contributed by atoms with van der Waals surface area (Å²) in [7, 11) is 0. The molecule has 0 N–H and O–H groups in total. The van der Waals surface area contributed by atoms with Crippen LogP contribution in [0.5, 0.6) is 0 Å². The molecular formula is C52H34N2O. The number of hydrogen-bond donors (Lipinski definition) is 0. The number of rotatable bonds is 7. The van der Waals surface area contributed by atoms with Crippen LogP contribution in [-0.4, -0.2) is 9.97 Å². The zero-order valence-corrected chi connectivity index (χ0v) is 29.9. The van der Waals surface area contributed by atoms with Crippen molar-refractivity contribution in [3.8, 4) is 78.3 Å². The first-order valence-corrected chi connectivity index (χ1v) is 18.6. The van der Waals surface area contributed by atoms with Crippen LogP contribution in [0.4, 0.5) is 0 Å². The van der Waals surface area contributed by atoms with Crippen LogP contribution in [0.2, 0.25) is 0 Å². The lowest BCUT2D eigenvalue weighted by Crippen LogP contribution is -1.94. The highest BCUT2D eigenvalue weighted by molar-refractivity contribution is 6.10. The molecule has 0 saturated heterocycles. The summed E-state index contributed by atoms with van der Waals surface area (Å²) in [6.07, 6.45) is 0. The van der Waals surface area contributed by atoms with Crippen molar-refractivity contribution >= 4 is 22.1 Å². The van der Waals surface area contributed by atoms with Gasteiger partial charge in [-0.1, -0.05) is 176 Å². The van der Waals surface area contributed by atoms with Gasteiger partial charge in [-0.05, 0) is 86.0 Å². The molecule has 10 aromatic rings. The van der Waals surface area contributed by atoms with Gasteiger partial charge in [0.25, 0.3) is 0 Å². The summed E-state index contributed by atoms with van der Waals surface area (Å²) in [6, 6.07) is 72.6. The van der Waals surface area contributed by atoms with Crippen LogP contribution in [0.3, 0.4) is 0 Å². The molecule has 0 unspecified atom stereocenters. The fourth-order valence-electron chi connectivity index (χ4n) is 7.49.